The van der Waals surface area contributed by atoms with E-state index in [4.69, 9.17) is 14.8 Å². The van der Waals surface area contributed by atoms with E-state index < -0.39 is 0 Å². The van der Waals surface area contributed by atoms with E-state index in [0.29, 0.717) is 12.3 Å². The van der Waals surface area contributed by atoms with Gasteiger partial charge in [0, 0.05) is 13.1 Å². The fourth-order valence-corrected chi connectivity index (χ4v) is 4.16. The van der Waals surface area contributed by atoms with Crippen molar-refractivity contribution < 1.29 is 9.53 Å². The van der Waals surface area contributed by atoms with E-state index in [1.165, 1.54) is 6.42 Å². The molecule has 0 atom stereocenters. The normalized spacial score (nSPS) is 14.5. The molecule has 30 heavy (non-hydrogen) atoms. The third kappa shape index (κ3) is 3.78. The van der Waals surface area contributed by atoms with Gasteiger partial charge in [-0.15, -0.1) is 0 Å². The highest BCUT2D eigenvalue weighted by Gasteiger charge is 2.25. The van der Waals surface area contributed by atoms with Gasteiger partial charge >= 0.3 is 5.97 Å². The Labute approximate surface area is 177 Å². The van der Waals surface area contributed by atoms with Gasteiger partial charge < -0.3 is 9.64 Å². The van der Waals surface area contributed by atoms with E-state index in [9.17, 15) is 4.79 Å². The average Bonchev–Trinajstić information content (AvgIpc) is 3.14. The van der Waals surface area contributed by atoms with E-state index in [1.807, 2.05) is 29.8 Å². The Morgan fingerprint density at radius 1 is 1.17 bits per heavy atom. The number of carbonyl (C=O) groups excluding carboxylic acids is 1. The van der Waals surface area contributed by atoms with E-state index in [0.717, 1.165) is 59.6 Å². The second-order valence-corrected chi connectivity index (χ2v) is 8.28. The quantitative estimate of drug-likeness (QED) is 0.557. The molecule has 1 aromatic carbocycles. The summed E-state index contributed by atoms with van der Waals surface area (Å²) in [6.45, 7) is 10.5. The molecule has 6 nitrogen and oxygen atoms in total. The molecule has 0 bridgehead atoms. The largest absolute Gasteiger partial charge is 0.461 e. The molecule has 0 spiro atoms. The van der Waals surface area contributed by atoms with Gasteiger partial charge in [0.2, 0.25) is 0 Å². The van der Waals surface area contributed by atoms with Crippen LogP contribution < -0.4 is 4.90 Å². The van der Waals surface area contributed by atoms with Gasteiger partial charge in [-0.2, -0.15) is 5.10 Å². The number of esters is 1. The number of rotatable bonds is 5. The Hall–Kier alpha value is -2.89. The number of hydrogen-bond acceptors (Lipinski definition) is 5. The third-order valence-electron chi connectivity index (χ3n) is 5.62. The summed E-state index contributed by atoms with van der Waals surface area (Å²) in [5, 5.41) is 6.02. The minimum absolute atomic E-state index is 0.234. The van der Waals surface area contributed by atoms with Crippen molar-refractivity contribution in [3.8, 4) is 5.69 Å². The van der Waals surface area contributed by atoms with Gasteiger partial charge in [0.15, 0.2) is 11.3 Å². The van der Waals surface area contributed by atoms with Gasteiger partial charge in [0.25, 0.3) is 0 Å². The Balaban J connectivity index is 2.01. The Morgan fingerprint density at radius 3 is 2.60 bits per heavy atom. The van der Waals surface area contributed by atoms with Crippen LogP contribution in [0.1, 0.15) is 67.7 Å². The zero-order valence-corrected chi connectivity index (χ0v) is 18.3. The van der Waals surface area contributed by atoms with Gasteiger partial charge in [0.1, 0.15) is 0 Å². The maximum absolute atomic E-state index is 12.6. The molecule has 0 aliphatic carbocycles. The molecule has 3 heterocycles. The van der Waals surface area contributed by atoms with Crippen LogP contribution in [0.5, 0.6) is 0 Å². The minimum atomic E-state index is -0.388. The fourth-order valence-electron chi connectivity index (χ4n) is 4.16. The first kappa shape index (κ1) is 20.4. The summed E-state index contributed by atoms with van der Waals surface area (Å²) in [4.78, 5) is 19.8. The molecule has 1 aliphatic heterocycles. The Morgan fingerprint density at radius 2 is 1.93 bits per heavy atom. The zero-order chi connectivity index (χ0) is 21.3. The van der Waals surface area contributed by atoms with Crippen LogP contribution in [0.25, 0.3) is 16.7 Å². The van der Waals surface area contributed by atoms with Crippen LogP contribution in [0, 0.1) is 6.92 Å². The molecular weight excluding hydrogens is 376 g/mol. The lowest BCUT2D eigenvalue weighted by Gasteiger charge is -2.30. The van der Waals surface area contributed by atoms with Crippen molar-refractivity contribution in [3.05, 3.63) is 47.3 Å². The number of pyridine rings is 1. The van der Waals surface area contributed by atoms with Crippen molar-refractivity contribution in [2.45, 2.75) is 52.9 Å². The molecule has 4 rings (SSSR count). The first-order chi connectivity index (χ1) is 14.5. The molecule has 0 radical (unpaired) electrons. The predicted molar refractivity (Wildman–Crippen MR) is 120 cm³/mol. The van der Waals surface area contributed by atoms with Crippen LogP contribution in [-0.4, -0.2) is 40.4 Å². The van der Waals surface area contributed by atoms with Gasteiger partial charge in [-0.25, -0.2) is 14.5 Å². The lowest BCUT2D eigenvalue weighted by atomic mass is 10.0. The van der Waals surface area contributed by atoms with Crippen molar-refractivity contribution in [2.75, 3.05) is 24.6 Å². The maximum Gasteiger partial charge on any atom is 0.357 e. The second kappa shape index (κ2) is 8.46. The first-order valence-corrected chi connectivity index (χ1v) is 10.9. The van der Waals surface area contributed by atoms with E-state index in [1.54, 1.807) is 0 Å². The number of hydrogen-bond donors (Lipinski definition) is 0. The molecule has 0 amide bonds. The van der Waals surface area contributed by atoms with Crippen molar-refractivity contribution in [1.29, 1.82) is 0 Å². The van der Waals surface area contributed by atoms with Crippen LogP contribution in [-0.2, 0) is 4.74 Å². The van der Waals surface area contributed by atoms with Gasteiger partial charge in [-0.1, -0.05) is 26.0 Å². The van der Waals surface area contributed by atoms with Crippen LogP contribution in [0.2, 0.25) is 0 Å². The molecule has 1 aliphatic rings. The maximum atomic E-state index is 12.6. The molecule has 0 unspecified atom stereocenters. The summed E-state index contributed by atoms with van der Waals surface area (Å²) in [5.41, 5.74) is 5.22. The number of piperidine rings is 1. The highest BCUT2D eigenvalue weighted by molar-refractivity contribution is 5.99. The van der Waals surface area contributed by atoms with Gasteiger partial charge in [-0.3, -0.25) is 0 Å². The lowest BCUT2D eigenvalue weighted by molar-refractivity contribution is 0.0520. The molecule has 1 fully saturated rings. The monoisotopic (exact) mass is 406 g/mol. The highest BCUT2D eigenvalue weighted by Crippen LogP contribution is 2.36. The van der Waals surface area contributed by atoms with Crippen LogP contribution in [0.15, 0.2) is 30.3 Å². The van der Waals surface area contributed by atoms with Gasteiger partial charge in [-0.05, 0) is 62.8 Å². The molecule has 1 saturated heterocycles. The Kier molecular flexibility index (Phi) is 5.75. The summed E-state index contributed by atoms with van der Waals surface area (Å²) in [5.74, 6) is -0.155. The number of ether oxygens (including phenoxy) is 1. The average molecular weight is 407 g/mol. The van der Waals surface area contributed by atoms with Crippen LogP contribution in [0.3, 0.4) is 0 Å². The predicted octanol–water partition coefficient (Wildman–Crippen LogP) is 5.02. The molecule has 158 valence electrons. The zero-order valence-electron chi connectivity index (χ0n) is 18.3. The smallest absolute Gasteiger partial charge is 0.357 e. The van der Waals surface area contributed by atoms with Crippen molar-refractivity contribution in [3.63, 3.8) is 0 Å². The summed E-state index contributed by atoms with van der Waals surface area (Å²) in [7, 11) is 0. The molecule has 3 aromatic rings. The fraction of sp³-hybridized carbons (Fsp3) is 0.458. The molecule has 0 saturated carbocycles. The van der Waals surface area contributed by atoms with Crippen LogP contribution >= 0.6 is 0 Å². The van der Waals surface area contributed by atoms with Crippen LogP contribution in [0.4, 0.5) is 5.69 Å². The summed E-state index contributed by atoms with van der Waals surface area (Å²) >= 11 is 0. The van der Waals surface area contributed by atoms with Crippen molar-refractivity contribution in [1.82, 2.24) is 14.8 Å². The molecule has 0 N–H and O–H groups in total. The molecular formula is C24H30N4O2. The molecule has 6 heteroatoms. The number of fused-ring (bicyclic) bond motifs is 1. The van der Waals surface area contributed by atoms with E-state index >= 15 is 0 Å². The minimum Gasteiger partial charge on any atom is -0.461 e. The number of anilines is 1. The third-order valence-corrected chi connectivity index (χ3v) is 5.62. The summed E-state index contributed by atoms with van der Waals surface area (Å²) in [6, 6.07) is 10.1. The Bertz CT molecular complexity index is 1060. The standard InChI is InChI=1S/C24H30N4O2/c1-5-30-24(29)19-15-20(27-12-7-6-8-13-27)21-22(16(2)3)26-28(23(21)25-19)18-11-9-10-17(4)14-18/h9-11,14-16H,5-8,12-13H2,1-4H3. The number of nitrogens with zero attached hydrogens (tertiary/aromatic N) is 4. The lowest BCUT2D eigenvalue weighted by Crippen LogP contribution is -2.30. The topological polar surface area (TPSA) is 60.2 Å². The molecule has 2 aromatic heterocycles. The highest BCUT2D eigenvalue weighted by atomic mass is 16.5. The number of aromatic nitrogens is 3. The first-order valence-electron chi connectivity index (χ1n) is 10.9. The SMILES string of the molecule is CCOC(=O)c1cc(N2CCCCC2)c2c(C(C)C)nn(-c3cccc(C)c3)c2n1. The summed E-state index contributed by atoms with van der Waals surface area (Å²) < 4.78 is 7.17. The van der Waals surface area contributed by atoms with Crippen molar-refractivity contribution >= 4 is 22.7 Å². The summed E-state index contributed by atoms with van der Waals surface area (Å²) in [6.07, 6.45) is 3.55. The van der Waals surface area contributed by atoms with E-state index in [2.05, 4.69) is 37.8 Å². The number of benzene rings is 1. The second-order valence-electron chi connectivity index (χ2n) is 8.28. The van der Waals surface area contributed by atoms with Gasteiger partial charge in [0.05, 0.1) is 29.1 Å². The number of carbonyl (C=O) groups is 1. The number of aryl methyl sites for hydroxylation is 1. The van der Waals surface area contributed by atoms with Crippen molar-refractivity contribution in [2.24, 2.45) is 0 Å². The van der Waals surface area contributed by atoms with E-state index in [-0.39, 0.29) is 11.9 Å².